The van der Waals surface area contributed by atoms with Crippen molar-refractivity contribution in [1.82, 2.24) is 24.8 Å². The number of ether oxygens (including phenoxy) is 1. The number of rotatable bonds is 6. The number of carbonyl (C=O) groups is 1. The van der Waals surface area contributed by atoms with Crippen molar-refractivity contribution in [3.63, 3.8) is 0 Å². The Morgan fingerprint density at radius 1 is 1.27 bits per heavy atom. The van der Waals surface area contributed by atoms with E-state index in [-0.39, 0.29) is 17.7 Å². The Morgan fingerprint density at radius 2 is 2.10 bits per heavy atom. The van der Waals surface area contributed by atoms with Crippen LogP contribution in [0.1, 0.15) is 44.8 Å². The van der Waals surface area contributed by atoms with Gasteiger partial charge in [0.25, 0.3) is 5.91 Å². The fraction of sp³-hybridized carbons (Fsp3) is 0.455. The van der Waals surface area contributed by atoms with Gasteiger partial charge in [-0.2, -0.15) is 5.10 Å². The number of likely N-dealkylation sites (tertiary alicyclic amines) is 1. The van der Waals surface area contributed by atoms with Crippen LogP contribution in [-0.4, -0.2) is 57.5 Å². The average Bonchev–Trinajstić information content (AvgIpc) is 3.41. The minimum atomic E-state index is -0.122. The summed E-state index contributed by atoms with van der Waals surface area (Å²) in [7, 11) is 1.69. The van der Waals surface area contributed by atoms with Crippen molar-refractivity contribution in [1.29, 1.82) is 0 Å². The van der Waals surface area contributed by atoms with Gasteiger partial charge in [-0.1, -0.05) is 11.2 Å². The van der Waals surface area contributed by atoms with E-state index in [1.807, 2.05) is 54.6 Å². The highest BCUT2D eigenvalue weighted by Gasteiger charge is 2.38. The first-order valence-corrected chi connectivity index (χ1v) is 10.1. The van der Waals surface area contributed by atoms with Crippen LogP contribution in [0, 0.1) is 26.7 Å². The summed E-state index contributed by atoms with van der Waals surface area (Å²) in [6.45, 7) is 7.98. The molecule has 1 aliphatic heterocycles. The first-order valence-electron chi connectivity index (χ1n) is 10.1. The normalized spacial score (nSPS) is 18.9. The zero-order valence-corrected chi connectivity index (χ0v) is 17.8. The predicted octanol–water partition coefficient (Wildman–Crippen LogP) is 2.74. The van der Waals surface area contributed by atoms with Crippen molar-refractivity contribution in [2.45, 2.75) is 33.2 Å². The molecular weight excluding hydrogens is 382 g/mol. The predicted molar refractivity (Wildman–Crippen MR) is 110 cm³/mol. The Morgan fingerprint density at radius 3 is 2.77 bits per heavy atom. The third-order valence-corrected chi connectivity index (χ3v) is 5.78. The number of hydrogen-bond donors (Lipinski definition) is 0. The summed E-state index contributed by atoms with van der Waals surface area (Å²) in [5.74, 6) is 0.826. The molecule has 30 heavy (non-hydrogen) atoms. The molecule has 8 heteroatoms. The lowest BCUT2D eigenvalue weighted by Crippen LogP contribution is -2.30. The van der Waals surface area contributed by atoms with Crippen molar-refractivity contribution in [2.24, 2.45) is 5.92 Å². The second kappa shape index (κ2) is 8.39. The molecule has 4 heterocycles. The van der Waals surface area contributed by atoms with Gasteiger partial charge in [0.05, 0.1) is 18.8 Å². The minimum absolute atomic E-state index is 0.122. The number of aromatic nitrogens is 4. The molecule has 0 spiro atoms. The molecule has 0 N–H and O–H groups in total. The van der Waals surface area contributed by atoms with E-state index in [9.17, 15) is 4.79 Å². The van der Waals surface area contributed by atoms with Crippen LogP contribution in [0.3, 0.4) is 0 Å². The molecule has 0 radical (unpaired) electrons. The van der Waals surface area contributed by atoms with Crippen LogP contribution >= 0.6 is 0 Å². The molecule has 2 atom stereocenters. The SMILES string of the molecule is COCC1CN(C(=O)c2noc(C)c2Cn2nc(C)cc2C)CC1c1ccccn1. The lowest BCUT2D eigenvalue weighted by molar-refractivity contribution is 0.0764. The molecule has 158 valence electrons. The summed E-state index contributed by atoms with van der Waals surface area (Å²) >= 11 is 0. The molecule has 0 bridgehead atoms. The first kappa shape index (κ1) is 20.3. The van der Waals surface area contributed by atoms with Crippen LogP contribution in [0.25, 0.3) is 0 Å². The lowest BCUT2D eigenvalue weighted by Gasteiger charge is -2.16. The number of nitrogens with zero attached hydrogens (tertiary/aromatic N) is 5. The van der Waals surface area contributed by atoms with Crippen LogP contribution in [0.4, 0.5) is 0 Å². The third kappa shape index (κ3) is 3.87. The van der Waals surface area contributed by atoms with E-state index in [0.29, 0.717) is 37.7 Å². The maximum absolute atomic E-state index is 13.4. The smallest absolute Gasteiger partial charge is 0.276 e. The standard InChI is InChI=1S/C22H27N5O3/c1-14-9-15(2)27(24-14)12-18-16(3)30-25-21(18)22(28)26-10-17(13-29-4)19(11-26)20-7-5-6-8-23-20/h5-9,17,19H,10-13H2,1-4H3. The Labute approximate surface area is 175 Å². The number of pyridine rings is 1. The number of amides is 1. The Balaban J connectivity index is 1.58. The van der Waals surface area contributed by atoms with Crippen molar-refractivity contribution < 1.29 is 14.1 Å². The Hall–Kier alpha value is -3.00. The summed E-state index contributed by atoms with van der Waals surface area (Å²) in [6, 6.07) is 7.90. The van der Waals surface area contributed by atoms with Gasteiger partial charge in [0.1, 0.15) is 5.76 Å². The molecule has 3 aromatic heterocycles. The van der Waals surface area contributed by atoms with Crippen LogP contribution in [-0.2, 0) is 11.3 Å². The van der Waals surface area contributed by atoms with Gasteiger partial charge in [0.2, 0.25) is 0 Å². The zero-order valence-electron chi connectivity index (χ0n) is 17.8. The highest BCUT2D eigenvalue weighted by atomic mass is 16.5. The monoisotopic (exact) mass is 409 g/mol. The van der Waals surface area contributed by atoms with Gasteiger partial charge in [-0.05, 0) is 39.0 Å². The molecule has 1 saturated heterocycles. The largest absolute Gasteiger partial charge is 0.384 e. The second-order valence-corrected chi connectivity index (χ2v) is 7.94. The third-order valence-electron chi connectivity index (χ3n) is 5.78. The van der Waals surface area contributed by atoms with Crippen molar-refractivity contribution in [3.05, 3.63) is 64.6 Å². The van der Waals surface area contributed by atoms with E-state index >= 15 is 0 Å². The van der Waals surface area contributed by atoms with E-state index in [1.165, 1.54) is 0 Å². The van der Waals surface area contributed by atoms with E-state index in [0.717, 1.165) is 22.6 Å². The van der Waals surface area contributed by atoms with E-state index in [1.54, 1.807) is 13.3 Å². The molecule has 0 saturated carbocycles. The molecule has 1 fully saturated rings. The first-order chi connectivity index (χ1) is 14.5. The minimum Gasteiger partial charge on any atom is -0.384 e. The van der Waals surface area contributed by atoms with Gasteiger partial charge in [-0.25, -0.2) is 0 Å². The second-order valence-electron chi connectivity index (χ2n) is 7.94. The molecule has 1 amide bonds. The zero-order chi connectivity index (χ0) is 21.3. The van der Waals surface area contributed by atoms with Crippen molar-refractivity contribution in [3.8, 4) is 0 Å². The summed E-state index contributed by atoms with van der Waals surface area (Å²) in [6.07, 6.45) is 1.79. The number of hydrogen-bond acceptors (Lipinski definition) is 6. The average molecular weight is 409 g/mol. The van der Waals surface area contributed by atoms with Gasteiger partial charge >= 0.3 is 0 Å². The Bertz CT molecular complexity index is 1030. The van der Waals surface area contributed by atoms with E-state index in [4.69, 9.17) is 9.26 Å². The van der Waals surface area contributed by atoms with Crippen molar-refractivity contribution in [2.75, 3.05) is 26.8 Å². The fourth-order valence-electron chi connectivity index (χ4n) is 4.23. The lowest BCUT2D eigenvalue weighted by atomic mass is 9.93. The molecule has 0 aliphatic carbocycles. The maximum Gasteiger partial charge on any atom is 0.276 e. The van der Waals surface area contributed by atoms with Gasteiger partial charge < -0.3 is 14.2 Å². The molecule has 3 aromatic rings. The van der Waals surface area contributed by atoms with Crippen molar-refractivity contribution >= 4 is 5.91 Å². The number of carbonyl (C=O) groups excluding carboxylic acids is 1. The van der Waals surface area contributed by atoms with Crippen LogP contribution in [0.5, 0.6) is 0 Å². The van der Waals surface area contributed by atoms with E-state index in [2.05, 4.69) is 15.2 Å². The highest BCUT2D eigenvalue weighted by Crippen LogP contribution is 2.33. The van der Waals surface area contributed by atoms with Gasteiger partial charge in [0.15, 0.2) is 5.69 Å². The Kier molecular flexibility index (Phi) is 5.67. The fourth-order valence-corrected chi connectivity index (χ4v) is 4.23. The quantitative estimate of drug-likeness (QED) is 0.622. The topological polar surface area (TPSA) is 86.3 Å². The highest BCUT2D eigenvalue weighted by molar-refractivity contribution is 5.94. The van der Waals surface area contributed by atoms with Gasteiger partial charge in [0, 0.05) is 55.2 Å². The molecule has 1 aliphatic rings. The summed E-state index contributed by atoms with van der Waals surface area (Å²) in [5.41, 5.74) is 4.08. The van der Waals surface area contributed by atoms with Crippen LogP contribution < -0.4 is 0 Å². The van der Waals surface area contributed by atoms with Crippen LogP contribution in [0.15, 0.2) is 35.0 Å². The number of aryl methyl sites for hydroxylation is 3. The molecule has 4 rings (SSSR count). The molecular formula is C22H27N5O3. The summed E-state index contributed by atoms with van der Waals surface area (Å²) in [5, 5.41) is 8.62. The number of methoxy groups -OCH3 is 1. The summed E-state index contributed by atoms with van der Waals surface area (Å²) < 4.78 is 12.7. The maximum atomic E-state index is 13.4. The molecule has 8 nitrogen and oxygen atoms in total. The molecule has 2 unspecified atom stereocenters. The van der Waals surface area contributed by atoms with Crippen LogP contribution in [0.2, 0.25) is 0 Å². The molecule has 0 aromatic carbocycles. The van der Waals surface area contributed by atoms with Gasteiger partial charge in [-0.3, -0.25) is 14.5 Å². The van der Waals surface area contributed by atoms with Gasteiger partial charge in [-0.15, -0.1) is 0 Å². The summed E-state index contributed by atoms with van der Waals surface area (Å²) in [4.78, 5) is 19.7. The van der Waals surface area contributed by atoms with E-state index < -0.39 is 0 Å².